The van der Waals surface area contributed by atoms with Crippen molar-refractivity contribution in [1.82, 2.24) is 10.3 Å². The Morgan fingerprint density at radius 1 is 1.11 bits per heavy atom. The molecule has 0 saturated heterocycles. The summed E-state index contributed by atoms with van der Waals surface area (Å²) < 4.78 is 11.2. The summed E-state index contributed by atoms with van der Waals surface area (Å²) in [4.78, 5) is 17.2. The maximum absolute atomic E-state index is 12.6. The first-order valence-corrected chi connectivity index (χ1v) is 9.32. The molecule has 3 aromatic rings. The van der Waals surface area contributed by atoms with E-state index in [1.165, 1.54) is 5.56 Å². The minimum Gasteiger partial charge on any atom is -0.496 e. The van der Waals surface area contributed by atoms with Crippen molar-refractivity contribution >= 4 is 5.91 Å². The number of carbonyl (C=O) groups excluding carboxylic acids is 1. The van der Waals surface area contributed by atoms with Gasteiger partial charge in [0.15, 0.2) is 0 Å². The maximum Gasteiger partial charge on any atom is 0.230 e. The van der Waals surface area contributed by atoms with E-state index in [2.05, 4.69) is 22.4 Å². The third kappa shape index (κ3) is 4.80. The summed E-state index contributed by atoms with van der Waals surface area (Å²) in [5.41, 5.74) is 2.23. The highest BCUT2D eigenvalue weighted by molar-refractivity contribution is 5.79. The number of carbonyl (C=O) groups is 1. The third-order valence-corrected chi connectivity index (χ3v) is 4.52. The van der Waals surface area contributed by atoms with Crippen LogP contribution in [0.5, 0.6) is 5.75 Å². The molecule has 0 bridgehead atoms. The van der Waals surface area contributed by atoms with Crippen molar-refractivity contribution in [3.05, 3.63) is 71.6 Å². The van der Waals surface area contributed by atoms with Crippen molar-refractivity contribution in [2.24, 2.45) is 0 Å². The summed E-state index contributed by atoms with van der Waals surface area (Å²) >= 11 is 0. The van der Waals surface area contributed by atoms with E-state index in [1.54, 1.807) is 7.11 Å². The van der Waals surface area contributed by atoms with Gasteiger partial charge in [0.1, 0.15) is 11.5 Å². The summed E-state index contributed by atoms with van der Waals surface area (Å²) in [7, 11) is 1.61. The van der Waals surface area contributed by atoms with Crippen LogP contribution in [0.4, 0.5) is 0 Å². The Balaban J connectivity index is 1.70. The lowest BCUT2D eigenvalue weighted by Gasteiger charge is -2.26. The Morgan fingerprint density at radius 3 is 2.50 bits per heavy atom. The average Bonchev–Trinajstić information content (AvgIpc) is 3.01. The van der Waals surface area contributed by atoms with Crippen LogP contribution in [0.1, 0.15) is 30.9 Å². The summed E-state index contributed by atoms with van der Waals surface area (Å²) in [5.74, 6) is 1.70. The first-order chi connectivity index (χ1) is 13.4. The van der Waals surface area contributed by atoms with Gasteiger partial charge < -0.3 is 14.5 Å². The number of amides is 1. The zero-order valence-corrected chi connectivity index (χ0v) is 16.8. The molecular weight excluding hydrogens is 352 g/mol. The summed E-state index contributed by atoms with van der Waals surface area (Å²) in [6, 6.07) is 17.7. The topological polar surface area (TPSA) is 64.4 Å². The van der Waals surface area contributed by atoms with E-state index in [0.29, 0.717) is 23.1 Å². The van der Waals surface area contributed by atoms with Gasteiger partial charge in [0.05, 0.1) is 24.8 Å². The van der Waals surface area contributed by atoms with Gasteiger partial charge in [0.25, 0.3) is 0 Å². The first kappa shape index (κ1) is 19.7. The minimum absolute atomic E-state index is 0.0797. The van der Waals surface area contributed by atoms with Crippen molar-refractivity contribution in [2.75, 3.05) is 7.11 Å². The average molecular weight is 378 g/mol. The van der Waals surface area contributed by atoms with E-state index in [9.17, 15) is 4.79 Å². The van der Waals surface area contributed by atoms with Crippen molar-refractivity contribution < 1.29 is 13.9 Å². The van der Waals surface area contributed by atoms with Crippen LogP contribution in [0.25, 0.3) is 11.5 Å². The maximum atomic E-state index is 12.6. The molecule has 0 unspecified atom stereocenters. The van der Waals surface area contributed by atoms with Gasteiger partial charge in [0, 0.05) is 5.54 Å². The number of benzene rings is 2. The molecule has 1 heterocycles. The zero-order valence-electron chi connectivity index (χ0n) is 16.8. The fourth-order valence-corrected chi connectivity index (χ4v) is 3.25. The number of nitrogens with zero attached hydrogens (tertiary/aromatic N) is 1. The third-order valence-electron chi connectivity index (χ3n) is 4.52. The summed E-state index contributed by atoms with van der Waals surface area (Å²) in [5, 5.41) is 3.11. The molecule has 0 radical (unpaired) electrons. The summed E-state index contributed by atoms with van der Waals surface area (Å²) in [6.07, 6.45) is 0.923. The molecule has 0 fully saturated rings. The fourth-order valence-electron chi connectivity index (χ4n) is 3.25. The Morgan fingerprint density at radius 2 is 1.79 bits per heavy atom. The van der Waals surface area contributed by atoms with Gasteiger partial charge in [-0.05, 0) is 44.9 Å². The Labute approximate surface area is 165 Å². The van der Waals surface area contributed by atoms with E-state index in [4.69, 9.17) is 9.15 Å². The second-order valence-electron chi connectivity index (χ2n) is 7.49. The number of aromatic nitrogens is 1. The van der Waals surface area contributed by atoms with Gasteiger partial charge in [0.2, 0.25) is 11.8 Å². The molecule has 28 heavy (non-hydrogen) atoms. The van der Waals surface area contributed by atoms with Crippen LogP contribution in [0.2, 0.25) is 0 Å². The molecule has 1 amide bonds. The summed E-state index contributed by atoms with van der Waals surface area (Å²) in [6.45, 7) is 5.87. The lowest BCUT2D eigenvalue weighted by molar-refractivity contribution is -0.122. The number of ether oxygens (including phenoxy) is 1. The van der Waals surface area contributed by atoms with Crippen molar-refractivity contribution in [1.29, 1.82) is 0 Å². The number of oxazole rings is 1. The molecule has 2 aromatic carbocycles. The molecule has 0 aliphatic carbocycles. The van der Waals surface area contributed by atoms with E-state index in [1.807, 2.05) is 63.2 Å². The molecule has 5 nitrogen and oxygen atoms in total. The molecule has 5 heteroatoms. The number of para-hydroxylation sites is 1. The first-order valence-electron chi connectivity index (χ1n) is 9.32. The van der Waals surface area contributed by atoms with E-state index < -0.39 is 0 Å². The number of hydrogen-bond donors (Lipinski definition) is 1. The molecule has 1 aromatic heterocycles. The number of aryl methyl sites for hydroxylation is 1. The molecule has 0 saturated carbocycles. The Bertz CT molecular complexity index is 945. The van der Waals surface area contributed by atoms with Crippen LogP contribution in [-0.2, 0) is 17.6 Å². The standard InChI is InChI=1S/C23H26N2O3/c1-16-19(24-22(28-16)18-12-8-9-13-20(18)27-4)14-21(26)25-23(2,3)15-17-10-6-5-7-11-17/h5-13H,14-15H2,1-4H3,(H,25,26). The molecule has 146 valence electrons. The molecule has 0 aliphatic heterocycles. The number of methoxy groups -OCH3 is 1. The zero-order chi connectivity index (χ0) is 20.1. The number of nitrogens with one attached hydrogen (secondary N) is 1. The van der Waals surface area contributed by atoms with Crippen molar-refractivity contribution in [3.63, 3.8) is 0 Å². The van der Waals surface area contributed by atoms with Crippen LogP contribution in [0.15, 0.2) is 59.0 Å². The SMILES string of the molecule is COc1ccccc1-c1nc(CC(=O)NC(C)(C)Cc2ccccc2)c(C)o1. The monoisotopic (exact) mass is 378 g/mol. The van der Waals surface area contributed by atoms with E-state index in [0.717, 1.165) is 12.0 Å². The molecule has 3 rings (SSSR count). The highest BCUT2D eigenvalue weighted by atomic mass is 16.5. The molecule has 0 atom stereocenters. The molecule has 1 N–H and O–H groups in total. The van der Waals surface area contributed by atoms with Gasteiger partial charge in [-0.3, -0.25) is 4.79 Å². The lowest BCUT2D eigenvalue weighted by Crippen LogP contribution is -2.45. The van der Waals surface area contributed by atoms with E-state index >= 15 is 0 Å². The predicted octanol–water partition coefficient (Wildman–Crippen LogP) is 4.34. The van der Waals surface area contributed by atoms with Gasteiger partial charge >= 0.3 is 0 Å². The van der Waals surface area contributed by atoms with Crippen LogP contribution in [0.3, 0.4) is 0 Å². The van der Waals surface area contributed by atoms with Crippen LogP contribution < -0.4 is 10.1 Å². The predicted molar refractivity (Wildman–Crippen MR) is 109 cm³/mol. The van der Waals surface area contributed by atoms with Crippen LogP contribution in [-0.4, -0.2) is 23.5 Å². The van der Waals surface area contributed by atoms with Crippen LogP contribution in [0, 0.1) is 6.92 Å². The Kier molecular flexibility index (Phi) is 5.83. The fraction of sp³-hybridized carbons (Fsp3) is 0.304. The second kappa shape index (κ2) is 8.30. The highest BCUT2D eigenvalue weighted by Crippen LogP contribution is 2.30. The molecule has 0 aliphatic rings. The smallest absolute Gasteiger partial charge is 0.230 e. The quantitative estimate of drug-likeness (QED) is 0.664. The highest BCUT2D eigenvalue weighted by Gasteiger charge is 2.23. The normalized spacial score (nSPS) is 11.3. The minimum atomic E-state index is -0.360. The second-order valence-corrected chi connectivity index (χ2v) is 7.49. The molecule has 0 spiro atoms. The Hall–Kier alpha value is -3.08. The van der Waals surface area contributed by atoms with Crippen molar-refractivity contribution in [3.8, 4) is 17.2 Å². The molecular formula is C23H26N2O3. The lowest BCUT2D eigenvalue weighted by atomic mass is 9.94. The van der Waals surface area contributed by atoms with E-state index in [-0.39, 0.29) is 17.9 Å². The van der Waals surface area contributed by atoms with Crippen LogP contribution >= 0.6 is 0 Å². The van der Waals surface area contributed by atoms with Gasteiger partial charge in [-0.1, -0.05) is 42.5 Å². The number of rotatable bonds is 7. The van der Waals surface area contributed by atoms with Crippen molar-refractivity contribution in [2.45, 2.75) is 39.2 Å². The van der Waals surface area contributed by atoms with Gasteiger partial charge in [-0.2, -0.15) is 0 Å². The van der Waals surface area contributed by atoms with Gasteiger partial charge in [-0.25, -0.2) is 4.98 Å². The van der Waals surface area contributed by atoms with Gasteiger partial charge in [-0.15, -0.1) is 0 Å². The number of hydrogen-bond acceptors (Lipinski definition) is 4. The largest absolute Gasteiger partial charge is 0.496 e.